The molecule has 2 aromatic rings. The summed E-state index contributed by atoms with van der Waals surface area (Å²) in [6.07, 6.45) is 1.40. The maximum Gasteiger partial charge on any atom is 0.244 e. The fourth-order valence-electron chi connectivity index (χ4n) is 2.85. The molecule has 1 aliphatic heterocycles. The van der Waals surface area contributed by atoms with Gasteiger partial charge in [0.05, 0.1) is 0 Å². The minimum absolute atomic E-state index is 0.0760. The maximum absolute atomic E-state index is 12.9. The molecule has 3 rings (SSSR count). The van der Waals surface area contributed by atoms with Crippen LogP contribution in [0.25, 0.3) is 10.1 Å². The average molecular weight is 345 g/mol. The first-order chi connectivity index (χ1) is 9.89. The number of rotatable bonds is 2. The van der Waals surface area contributed by atoms with Gasteiger partial charge in [-0.05, 0) is 38.0 Å². The van der Waals surface area contributed by atoms with Crippen LogP contribution >= 0.6 is 22.9 Å². The van der Waals surface area contributed by atoms with Crippen molar-refractivity contribution in [3.05, 3.63) is 28.6 Å². The second-order valence-electron chi connectivity index (χ2n) is 5.49. The number of benzene rings is 1. The van der Waals surface area contributed by atoms with Crippen molar-refractivity contribution in [3.63, 3.8) is 0 Å². The smallest absolute Gasteiger partial charge is 0.244 e. The Bertz CT molecular complexity index is 772. The number of nitrogens with two attached hydrogens (primary N) is 1. The van der Waals surface area contributed by atoms with Gasteiger partial charge in [0.25, 0.3) is 0 Å². The van der Waals surface area contributed by atoms with Crippen LogP contribution < -0.4 is 5.73 Å². The van der Waals surface area contributed by atoms with Crippen molar-refractivity contribution in [1.82, 2.24) is 4.31 Å². The lowest BCUT2D eigenvalue weighted by atomic mass is 10.0. The third kappa shape index (κ3) is 2.71. The highest BCUT2D eigenvalue weighted by atomic mass is 35.5. The van der Waals surface area contributed by atoms with E-state index in [1.54, 1.807) is 21.8 Å². The highest BCUT2D eigenvalue weighted by Gasteiger charge is 2.34. The molecule has 0 radical (unpaired) electrons. The van der Waals surface area contributed by atoms with Crippen LogP contribution in [0.4, 0.5) is 0 Å². The van der Waals surface area contributed by atoms with Gasteiger partial charge in [0.2, 0.25) is 10.0 Å². The van der Waals surface area contributed by atoms with E-state index in [1.165, 1.54) is 11.3 Å². The minimum Gasteiger partial charge on any atom is -0.328 e. The fourth-order valence-corrected chi connectivity index (χ4v) is 6.12. The van der Waals surface area contributed by atoms with E-state index in [-0.39, 0.29) is 12.1 Å². The lowest BCUT2D eigenvalue weighted by Crippen LogP contribution is -2.48. The standard InChI is InChI=1S/C14H17ClN2O2S2/c1-9-6-11(16)4-5-17(9)21(18,19)14-8-20-13-3-2-10(15)7-12(13)14/h2-3,7-9,11H,4-6,16H2,1H3/t9-,11+/m1/s1. The Kier molecular flexibility index (Phi) is 4.00. The van der Waals surface area contributed by atoms with Gasteiger partial charge in [-0.2, -0.15) is 4.31 Å². The molecule has 2 atom stereocenters. The first-order valence-corrected chi connectivity index (χ1v) is 9.53. The van der Waals surface area contributed by atoms with Gasteiger partial charge in [0.1, 0.15) is 4.90 Å². The number of halogens is 1. The summed E-state index contributed by atoms with van der Waals surface area (Å²) in [5.74, 6) is 0. The van der Waals surface area contributed by atoms with Crippen LogP contribution in [-0.2, 0) is 10.0 Å². The van der Waals surface area contributed by atoms with Crippen molar-refractivity contribution in [2.75, 3.05) is 6.54 Å². The van der Waals surface area contributed by atoms with Crippen LogP contribution in [0.1, 0.15) is 19.8 Å². The summed E-state index contributed by atoms with van der Waals surface area (Å²) in [5.41, 5.74) is 5.92. The Hall–Kier alpha value is -0.660. The first kappa shape index (κ1) is 15.2. The molecule has 1 aromatic heterocycles. The molecule has 0 bridgehead atoms. The van der Waals surface area contributed by atoms with Gasteiger partial charge in [0.15, 0.2) is 0 Å². The van der Waals surface area contributed by atoms with Crippen molar-refractivity contribution < 1.29 is 8.42 Å². The highest BCUT2D eigenvalue weighted by Crippen LogP contribution is 2.35. The van der Waals surface area contributed by atoms with Crippen molar-refractivity contribution in [3.8, 4) is 0 Å². The van der Waals surface area contributed by atoms with Crippen molar-refractivity contribution in [2.45, 2.75) is 36.7 Å². The van der Waals surface area contributed by atoms with Gasteiger partial charge >= 0.3 is 0 Å². The minimum atomic E-state index is -3.51. The topological polar surface area (TPSA) is 63.4 Å². The van der Waals surface area contributed by atoms with Crippen LogP contribution in [0, 0.1) is 0 Å². The van der Waals surface area contributed by atoms with E-state index < -0.39 is 10.0 Å². The number of thiophene rings is 1. The van der Waals surface area contributed by atoms with Gasteiger partial charge < -0.3 is 5.73 Å². The molecule has 1 aromatic carbocycles. The SMILES string of the molecule is C[C@@H]1C[C@@H](N)CCN1S(=O)(=O)c1csc2ccc(Cl)cc12. The number of nitrogens with zero attached hydrogens (tertiary/aromatic N) is 1. The van der Waals surface area contributed by atoms with Crippen LogP contribution in [0.5, 0.6) is 0 Å². The summed E-state index contributed by atoms with van der Waals surface area (Å²) >= 11 is 7.44. The third-order valence-electron chi connectivity index (χ3n) is 3.94. The molecule has 1 aliphatic rings. The summed E-state index contributed by atoms with van der Waals surface area (Å²) in [6.45, 7) is 2.39. The quantitative estimate of drug-likeness (QED) is 0.910. The molecular formula is C14H17ClN2O2S2. The average Bonchev–Trinajstić information content (AvgIpc) is 2.81. The Morgan fingerprint density at radius 2 is 2.19 bits per heavy atom. The molecule has 7 heteroatoms. The van der Waals surface area contributed by atoms with E-state index in [0.29, 0.717) is 34.7 Å². The molecule has 4 nitrogen and oxygen atoms in total. The summed E-state index contributed by atoms with van der Waals surface area (Å²) in [6, 6.07) is 5.37. The predicted molar refractivity (Wildman–Crippen MR) is 87.4 cm³/mol. The van der Waals surface area contributed by atoms with E-state index in [1.807, 2.05) is 13.0 Å². The predicted octanol–water partition coefficient (Wildman–Crippen LogP) is 3.06. The first-order valence-electron chi connectivity index (χ1n) is 6.84. The molecule has 0 spiro atoms. The normalized spacial score (nSPS) is 24.5. The lowest BCUT2D eigenvalue weighted by molar-refractivity contribution is 0.247. The van der Waals surface area contributed by atoms with Crippen LogP contribution in [-0.4, -0.2) is 31.4 Å². The largest absolute Gasteiger partial charge is 0.328 e. The summed E-state index contributed by atoms with van der Waals surface area (Å²) in [4.78, 5) is 0.354. The molecule has 2 N–H and O–H groups in total. The number of hydrogen-bond donors (Lipinski definition) is 1. The molecule has 2 heterocycles. The van der Waals surface area contributed by atoms with Crippen molar-refractivity contribution >= 4 is 43.0 Å². The van der Waals surface area contributed by atoms with E-state index >= 15 is 0 Å². The zero-order valence-electron chi connectivity index (χ0n) is 11.6. The fraction of sp³-hybridized carbons (Fsp3) is 0.429. The summed E-state index contributed by atoms with van der Waals surface area (Å²) in [7, 11) is -3.51. The van der Waals surface area contributed by atoms with Gasteiger partial charge in [-0.15, -0.1) is 11.3 Å². The van der Waals surface area contributed by atoms with E-state index in [0.717, 1.165) is 4.70 Å². The number of sulfonamides is 1. The zero-order chi connectivity index (χ0) is 15.2. The van der Waals surface area contributed by atoms with Crippen LogP contribution in [0.3, 0.4) is 0 Å². The molecule has 0 saturated carbocycles. The Labute approximate surface area is 133 Å². The van der Waals surface area contributed by atoms with Gasteiger partial charge in [-0.1, -0.05) is 11.6 Å². The molecular weight excluding hydrogens is 328 g/mol. The second-order valence-corrected chi connectivity index (χ2v) is 8.70. The molecule has 0 amide bonds. The highest BCUT2D eigenvalue weighted by molar-refractivity contribution is 7.89. The third-order valence-corrected chi connectivity index (χ3v) is 7.34. The van der Waals surface area contributed by atoms with Gasteiger partial charge in [0, 0.05) is 39.1 Å². The monoisotopic (exact) mass is 344 g/mol. The molecule has 1 fully saturated rings. The maximum atomic E-state index is 12.9. The van der Waals surface area contributed by atoms with E-state index in [4.69, 9.17) is 17.3 Å². The van der Waals surface area contributed by atoms with E-state index in [9.17, 15) is 8.42 Å². The Balaban J connectivity index is 2.06. The Morgan fingerprint density at radius 3 is 2.90 bits per heavy atom. The lowest BCUT2D eigenvalue weighted by Gasteiger charge is -2.35. The van der Waals surface area contributed by atoms with Crippen LogP contribution in [0.15, 0.2) is 28.5 Å². The second kappa shape index (κ2) is 5.52. The van der Waals surface area contributed by atoms with Crippen molar-refractivity contribution in [1.29, 1.82) is 0 Å². The summed E-state index contributed by atoms with van der Waals surface area (Å²) in [5, 5.41) is 2.96. The number of piperidine rings is 1. The van der Waals surface area contributed by atoms with Crippen LogP contribution in [0.2, 0.25) is 5.02 Å². The van der Waals surface area contributed by atoms with Crippen molar-refractivity contribution in [2.24, 2.45) is 5.73 Å². The zero-order valence-corrected chi connectivity index (χ0v) is 14.0. The van der Waals surface area contributed by atoms with E-state index in [2.05, 4.69) is 0 Å². The molecule has 0 unspecified atom stereocenters. The molecule has 0 aliphatic carbocycles. The van der Waals surface area contributed by atoms with Gasteiger partial charge in [-0.25, -0.2) is 8.42 Å². The summed E-state index contributed by atoms with van der Waals surface area (Å²) < 4.78 is 28.4. The molecule has 1 saturated heterocycles. The van der Waals surface area contributed by atoms with Gasteiger partial charge in [-0.3, -0.25) is 0 Å². The Morgan fingerprint density at radius 1 is 1.43 bits per heavy atom. The molecule has 114 valence electrons. The molecule has 21 heavy (non-hydrogen) atoms. The number of hydrogen-bond acceptors (Lipinski definition) is 4. The number of fused-ring (bicyclic) bond motifs is 1.